The summed E-state index contributed by atoms with van der Waals surface area (Å²) < 4.78 is 11.0. The van der Waals surface area contributed by atoms with Crippen LogP contribution in [0.15, 0.2) is 30.3 Å². The van der Waals surface area contributed by atoms with E-state index in [1.165, 1.54) is 0 Å². The molecule has 1 atom stereocenters. The van der Waals surface area contributed by atoms with Gasteiger partial charge in [0, 0.05) is 52.4 Å². The molecule has 0 radical (unpaired) electrons. The number of benzene rings is 1. The van der Waals surface area contributed by atoms with Crippen LogP contribution in [0, 0.1) is 5.92 Å². The topological polar surface area (TPSA) is 82.6 Å². The van der Waals surface area contributed by atoms with E-state index in [2.05, 4.69) is 4.90 Å². The van der Waals surface area contributed by atoms with E-state index in [-0.39, 0.29) is 23.6 Å². The molecule has 9 heteroatoms. The minimum absolute atomic E-state index is 0.0342. The highest BCUT2D eigenvalue weighted by Crippen LogP contribution is 2.21. The fourth-order valence-corrected chi connectivity index (χ4v) is 4.82. The molecule has 3 saturated heterocycles. The Morgan fingerprint density at radius 3 is 2.29 bits per heavy atom. The number of morpholine rings is 1. The Morgan fingerprint density at radius 2 is 1.56 bits per heavy atom. The molecule has 1 unspecified atom stereocenters. The van der Waals surface area contributed by atoms with Crippen LogP contribution in [0.25, 0.3) is 0 Å². The summed E-state index contributed by atoms with van der Waals surface area (Å²) in [4.78, 5) is 46.1. The quantitative estimate of drug-likeness (QED) is 0.581. The SMILES string of the molecule is O=C(CN1CCOCC1)N1CCN(C(=O)C2CCCN(C(=O)CCOc3ccccc3)C2)CC1. The summed E-state index contributed by atoms with van der Waals surface area (Å²) in [5.41, 5.74) is 0. The average Bonchev–Trinajstić information content (AvgIpc) is 2.89. The predicted octanol–water partition coefficient (Wildman–Crippen LogP) is 0.697. The van der Waals surface area contributed by atoms with Gasteiger partial charge in [0.05, 0.1) is 38.7 Å². The maximum Gasteiger partial charge on any atom is 0.236 e. The number of piperidine rings is 1. The second-order valence-electron chi connectivity index (χ2n) is 9.19. The lowest BCUT2D eigenvalue weighted by atomic mass is 9.96. The number of ether oxygens (including phenoxy) is 2. The van der Waals surface area contributed by atoms with Crippen molar-refractivity contribution in [1.29, 1.82) is 0 Å². The monoisotopic (exact) mass is 472 g/mol. The first-order valence-electron chi connectivity index (χ1n) is 12.4. The van der Waals surface area contributed by atoms with Gasteiger partial charge in [0.25, 0.3) is 0 Å². The molecule has 186 valence electrons. The van der Waals surface area contributed by atoms with Gasteiger partial charge in [-0.2, -0.15) is 0 Å². The van der Waals surface area contributed by atoms with Crippen LogP contribution in [-0.2, 0) is 19.1 Å². The van der Waals surface area contributed by atoms with Crippen molar-refractivity contribution in [3.8, 4) is 5.75 Å². The van der Waals surface area contributed by atoms with Crippen molar-refractivity contribution in [2.24, 2.45) is 5.92 Å². The first-order valence-corrected chi connectivity index (χ1v) is 12.4. The molecule has 0 aromatic heterocycles. The lowest BCUT2D eigenvalue weighted by Crippen LogP contribution is -2.55. The van der Waals surface area contributed by atoms with Crippen LogP contribution in [0.3, 0.4) is 0 Å². The van der Waals surface area contributed by atoms with Crippen molar-refractivity contribution in [3.05, 3.63) is 30.3 Å². The number of amides is 3. The van der Waals surface area contributed by atoms with E-state index in [1.807, 2.05) is 45.0 Å². The van der Waals surface area contributed by atoms with Gasteiger partial charge in [0.2, 0.25) is 17.7 Å². The van der Waals surface area contributed by atoms with E-state index >= 15 is 0 Å². The standard InChI is InChI=1S/C25H36N4O5/c30-23(8-16-34-22-6-2-1-3-7-22)29-9-4-5-21(19-29)25(32)28-12-10-27(11-13-28)24(31)20-26-14-17-33-18-15-26/h1-3,6-7,21H,4-5,8-20H2. The molecular formula is C25H36N4O5. The molecule has 3 aliphatic rings. The number of carbonyl (C=O) groups is 3. The molecule has 0 spiro atoms. The summed E-state index contributed by atoms with van der Waals surface area (Å²) in [7, 11) is 0. The Hall–Kier alpha value is -2.65. The minimum atomic E-state index is -0.164. The minimum Gasteiger partial charge on any atom is -0.493 e. The smallest absolute Gasteiger partial charge is 0.236 e. The lowest BCUT2D eigenvalue weighted by Gasteiger charge is -2.39. The third kappa shape index (κ3) is 6.70. The molecule has 3 aliphatic heterocycles. The molecule has 0 aliphatic carbocycles. The molecule has 0 saturated carbocycles. The Morgan fingerprint density at radius 1 is 0.853 bits per heavy atom. The van der Waals surface area contributed by atoms with Gasteiger partial charge in [-0.15, -0.1) is 0 Å². The van der Waals surface area contributed by atoms with Crippen LogP contribution in [0.1, 0.15) is 19.3 Å². The molecule has 3 amide bonds. The summed E-state index contributed by atoms with van der Waals surface area (Å²) >= 11 is 0. The number of piperazine rings is 1. The second kappa shape index (κ2) is 12.2. The summed E-state index contributed by atoms with van der Waals surface area (Å²) in [6.45, 7) is 7.11. The average molecular weight is 473 g/mol. The van der Waals surface area contributed by atoms with Gasteiger partial charge < -0.3 is 24.2 Å². The van der Waals surface area contributed by atoms with Gasteiger partial charge in [0.1, 0.15) is 5.75 Å². The van der Waals surface area contributed by atoms with Crippen LogP contribution in [0.4, 0.5) is 0 Å². The molecule has 1 aromatic rings. The summed E-state index contributed by atoms with van der Waals surface area (Å²) in [5.74, 6) is 0.861. The number of rotatable bonds is 7. The van der Waals surface area contributed by atoms with Crippen LogP contribution in [0.5, 0.6) is 5.75 Å². The van der Waals surface area contributed by atoms with Crippen LogP contribution in [-0.4, -0.2) is 116 Å². The van der Waals surface area contributed by atoms with E-state index in [1.54, 1.807) is 0 Å². The van der Waals surface area contributed by atoms with Crippen LogP contribution < -0.4 is 4.74 Å². The maximum atomic E-state index is 13.2. The second-order valence-corrected chi connectivity index (χ2v) is 9.19. The Balaban J connectivity index is 1.18. The Bertz CT molecular complexity index is 822. The van der Waals surface area contributed by atoms with Crippen LogP contribution >= 0.6 is 0 Å². The fourth-order valence-electron chi connectivity index (χ4n) is 4.82. The fraction of sp³-hybridized carbons (Fsp3) is 0.640. The highest BCUT2D eigenvalue weighted by molar-refractivity contribution is 5.82. The Labute approximate surface area is 201 Å². The number of para-hydroxylation sites is 1. The van der Waals surface area contributed by atoms with E-state index in [0.717, 1.165) is 31.7 Å². The van der Waals surface area contributed by atoms with E-state index in [4.69, 9.17) is 9.47 Å². The number of hydrogen-bond donors (Lipinski definition) is 0. The third-order valence-electron chi connectivity index (χ3n) is 6.86. The number of hydrogen-bond acceptors (Lipinski definition) is 6. The molecule has 4 rings (SSSR count). The predicted molar refractivity (Wildman–Crippen MR) is 126 cm³/mol. The molecule has 0 bridgehead atoms. The number of nitrogens with zero attached hydrogens (tertiary/aromatic N) is 4. The number of likely N-dealkylation sites (tertiary alicyclic amines) is 1. The molecule has 3 fully saturated rings. The summed E-state index contributed by atoms with van der Waals surface area (Å²) in [5, 5.41) is 0. The molecule has 1 aromatic carbocycles. The zero-order valence-corrected chi connectivity index (χ0v) is 19.9. The highest BCUT2D eigenvalue weighted by atomic mass is 16.5. The van der Waals surface area contributed by atoms with Gasteiger partial charge in [0.15, 0.2) is 0 Å². The van der Waals surface area contributed by atoms with Crippen molar-refractivity contribution >= 4 is 17.7 Å². The lowest BCUT2D eigenvalue weighted by molar-refractivity contribution is -0.146. The van der Waals surface area contributed by atoms with Gasteiger partial charge in [-0.3, -0.25) is 19.3 Å². The van der Waals surface area contributed by atoms with Crippen molar-refractivity contribution in [2.45, 2.75) is 19.3 Å². The largest absolute Gasteiger partial charge is 0.493 e. The molecule has 3 heterocycles. The van der Waals surface area contributed by atoms with Crippen molar-refractivity contribution in [3.63, 3.8) is 0 Å². The summed E-state index contributed by atoms with van der Waals surface area (Å²) in [6.07, 6.45) is 1.94. The molecule has 0 N–H and O–H groups in total. The first kappa shape index (κ1) is 24.5. The Kier molecular flexibility index (Phi) is 8.76. The summed E-state index contributed by atoms with van der Waals surface area (Å²) in [6, 6.07) is 9.47. The van der Waals surface area contributed by atoms with Gasteiger partial charge in [-0.05, 0) is 25.0 Å². The maximum absolute atomic E-state index is 13.2. The van der Waals surface area contributed by atoms with Crippen LogP contribution in [0.2, 0.25) is 0 Å². The molecule has 9 nitrogen and oxygen atoms in total. The van der Waals surface area contributed by atoms with Crippen molar-refractivity contribution < 1.29 is 23.9 Å². The third-order valence-corrected chi connectivity index (χ3v) is 6.86. The van der Waals surface area contributed by atoms with Gasteiger partial charge in [-0.25, -0.2) is 0 Å². The number of carbonyl (C=O) groups excluding carboxylic acids is 3. The van der Waals surface area contributed by atoms with Gasteiger partial charge in [-0.1, -0.05) is 18.2 Å². The van der Waals surface area contributed by atoms with E-state index in [0.29, 0.717) is 72.1 Å². The first-order chi connectivity index (χ1) is 16.6. The van der Waals surface area contributed by atoms with Gasteiger partial charge >= 0.3 is 0 Å². The zero-order chi connectivity index (χ0) is 23.8. The van der Waals surface area contributed by atoms with E-state index < -0.39 is 0 Å². The van der Waals surface area contributed by atoms with Crippen molar-refractivity contribution in [2.75, 3.05) is 78.7 Å². The van der Waals surface area contributed by atoms with Crippen molar-refractivity contribution in [1.82, 2.24) is 19.6 Å². The highest BCUT2D eigenvalue weighted by Gasteiger charge is 2.33. The molecular weight excluding hydrogens is 436 g/mol. The zero-order valence-electron chi connectivity index (χ0n) is 19.9. The van der Waals surface area contributed by atoms with E-state index in [9.17, 15) is 14.4 Å². The molecule has 34 heavy (non-hydrogen) atoms. The normalized spacial score (nSPS) is 21.9.